The van der Waals surface area contributed by atoms with Crippen LogP contribution in [0.5, 0.6) is 0 Å². The van der Waals surface area contributed by atoms with Gasteiger partial charge in [-0.1, -0.05) is 18.5 Å². The first kappa shape index (κ1) is 16.1. The third-order valence-electron chi connectivity index (χ3n) is 2.63. The van der Waals surface area contributed by atoms with Gasteiger partial charge >= 0.3 is 0 Å². The van der Waals surface area contributed by atoms with Gasteiger partial charge in [0, 0.05) is 11.1 Å². The summed E-state index contributed by atoms with van der Waals surface area (Å²) >= 11 is 7.76. The second kappa shape index (κ2) is 6.64. The summed E-state index contributed by atoms with van der Waals surface area (Å²) in [6.45, 7) is 2.66. The molecular formula is C13H16ClN3O2S2. The molecule has 2 N–H and O–H groups in total. The van der Waals surface area contributed by atoms with Crippen molar-refractivity contribution in [2.24, 2.45) is 0 Å². The van der Waals surface area contributed by atoms with E-state index < -0.39 is 10.0 Å². The van der Waals surface area contributed by atoms with E-state index in [1.54, 1.807) is 29.5 Å². The summed E-state index contributed by atoms with van der Waals surface area (Å²) < 4.78 is 24.9. The smallest absolute Gasteiger partial charge is 0.229 e. The zero-order valence-electron chi connectivity index (χ0n) is 11.7. The highest BCUT2D eigenvalue weighted by Crippen LogP contribution is 2.27. The summed E-state index contributed by atoms with van der Waals surface area (Å²) in [6.07, 6.45) is 3.86. The molecule has 0 aliphatic rings. The summed E-state index contributed by atoms with van der Waals surface area (Å²) in [4.78, 5) is 5.39. The first-order valence-electron chi connectivity index (χ1n) is 6.32. The Kier molecular flexibility index (Phi) is 5.08. The number of rotatable bonds is 6. The highest BCUT2D eigenvalue weighted by Gasteiger charge is 2.07. The van der Waals surface area contributed by atoms with E-state index >= 15 is 0 Å². The standard InChI is InChI=1S/C13H16ClN3O2S2/c1-3-13-16-8-10(20-13)7-15-12-6-9(4-5-11(12)14)17-21(2,18)19/h4-6,8,15,17H,3,7H2,1-2H3. The van der Waals surface area contributed by atoms with Crippen molar-refractivity contribution >= 4 is 44.3 Å². The molecule has 0 radical (unpaired) electrons. The molecule has 0 aliphatic heterocycles. The molecule has 0 atom stereocenters. The number of thiazole rings is 1. The Balaban J connectivity index is 2.10. The van der Waals surface area contributed by atoms with Crippen molar-refractivity contribution in [2.45, 2.75) is 19.9 Å². The predicted molar refractivity (Wildman–Crippen MR) is 88.7 cm³/mol. The van der Waals surface area contributed by atoms with Crippen molar-refractivity contribution in [1.29, 1.82) is 0 Å². The number of aryl methyl sites for hydroxylation is 1. The lowest BCUT2D eigenvalue weighted by Crippen LogP contribution is -2.09. The van der Waals surface area contributed by atoms with Gasteiger partial charge in [-0.05, 0) is 24.6 Å². The Hall–Kier alpha value is -1.31. The molecule has 2 aromatic rings. The van der Waals surface area contributed by atoms with Gasteiger partial charge in [0.25, 0.3) is 0 Å². The number of halogens is 1. The zero-order valence-corrected chi connectivity index (χ0v) is 14.1. The molecule has 1 aromatic heterocycles. The minimum Gasteiger partial charge on any atom is -0.379 e. The van der Waals surface area contributed by atoms with Crippen molar-refractivity contribution in [2.75, 3.05) is 16.3 Å². The Morgan fingerprint density at radius 2 is 2.14 bits per heavy atom. The maximum absolute atomic E-state index is 11.2. The molecule has 0 saturated carbocycles. The number of nitrogens with zero attached hydrogens (tertiary/aromatic N) is 1. The molecule has 1 aromatic carbocycles. The van der Waals surface area contributed by atoms with Gasteiger partial charge in [-0.3, -0.25) is 4.72 Å². The van der Waals surface area contributed by atoms with Gasteiger partial charge in [-0.2, -0.15) is 0 Å². The molecule has 0 aliphatic carbocycles. The van der Waals surface area contributed by atoms with Gasteiger partial charge < -0.3 is 5.32 Å². The summed E-state index contributed by atoms with van der Waals surface area (Å²) in [7, 11) is -3.30. The van der Waals surface area contributed by atoms with Crippen LogP contribution in [0, 0.1) is 0 Å². The predicted octanol–water partition coefficient (Wildman–Crippen LogP) is 3.34. The van der Waals surface area contributed by atoms with Crippen molar-refractivity contribution in [1.82, 2.24) is 4.98 Å². The van der Waals surface area contributed by atoms with Crippen LogP contribution in [0.1, 0.15) is 16.8 Å². The Bertz CT molecular complexity index is 729. The molecule has 8 heteroatoms. The molecule has 114 valence electrons. The maximum atomic E-state index is 11.2. The van der Waals surface area contributed by atoms with E-state index in [-0.39, 0.29) is 0 Å². The minimum atomic E-state index is -3.30. The Labute approximate surface area is 133 Å². The van der Waals surface area contributed by atoms with Crippen molar-refractivity contribution in [3.05, 3.63) is 39.3 Å². The largest absolute Gasteiger partial charge is 0.379 e. The average Bonchev–Trinajstić information content (AvgIpc) is 2.86. The van der Waals surface area contributed by atoms with Gasteiger partial charge in [0.05, 0.1) is 34.2 Å². The van der Waals surface area contributed by atoms with Crippen LogP contribution in [0.3, 0.4) is 0 Å². The quantitative estimate of drug-likeness (QED) is 0.842. The fourth-order valence-corrected chi connectivity index (χ4v) is 3.26. The Morgan fingerprint density at radius 1 is 1.38 bits per heavy atom. The lowest BCUT2D eigenvalue weighted by molar-refractivity contribution is 0.607. The number of benzene rings is 1. The fourth-order valence-electron chi connectivity index (χ4n) is 1.71. The normalized spacial score (nSPS) is 11.4. The SMILES string of the molecule is CCc1ncc(CNc2cc(NS(C)(=O)=O)ccc2Cl)s1. The zero-order chi connectivity index (χ0) is 15.5. The molecule has 0 spiro atoms. The second-order valence-corrected chi connectivity index (χ2v) is 7.85. The third-order valence-corrected chi connectivity index (χ3v) is 4.70. The van der Waals surface area contributed by atoms with Crippen molar-refractivity contribution in [3.8, 4) is 0 Å². The van der Waals surface area contributed by atoms with Gasteiger partial charge in [0.2, 0.25) is 10.0 Å². The highest BCUT2D eigenvalue weighted by molar-refractivity contribution is 7.92. The van der Waals surface area contributed by atoms with E-state index in [0.29, 0.717) is 22.9 Å². The lowest BCUT2D eigenvalue weighted by atomic mass is 10.3. The van der Waals surface area contributed by atoms with Crippen LogP contribution in [0.2, 0.25) is 5.02 Å². The number of sulfonamides is 1. The van der Waals surface area contributed by atoms with Gasteiger partial charge in [-0.15, -0.1) is 11.3 Å². The van der Waals surface area contributed by atoms with E-state index in [0.717, 1.165) is 22.6 Å². The molecular weight excluding hydrogens is 330 g/mol. The first-order chi connectivity index (χ1) is 9.87. The average molecular weight is 346 g/mol. The van der Waals surface area contributed by atoms with Gasteiger partial charge in [-0.25, -0.2) is 13.4 Å². The van der Waals surface area contributed by atoms with E-state index in [9.17, 15) is 8.42 Å². The van der Waals surface area contributed by atoms with Gasteiger partial charge in [0.1, 0.15) is 0 Å². The van der Waals surface area contributed by atoms with E-state index in [1.165, 1.54) is 0 Å². The monoisotopic (exact) mass is 345 g/mol. The molecule has 0 amide bonds. The first-order valence-corrected chi connectivity index (χ1v) is 9.41. The number of hydrogen-bond acceptors (Lipinski definition) is 5. The van der Waals surface area contributed by atoms with Crippen molar-refractivity contribution < 1.29 is 8.42 Å². The molecule has 21 heavy (non-hydrogen) atoms. The third kappa shape index (κ3) is 4.87. The Morgan fingerprint density at radius 3 is 2.76 bits per heavy atom. The maximum Gasteiger partial charge on any atom is 0.229 e. The van der Waals surface area contributed by atoms with Crippen LogP contribution in [0.4, 0.5) is 11.4 Å². The summed E-state index contributed by atoms with van der Waals surface area (Å²) in [5, 5.41) is 4.82. The van der Waals surface area contributed by atoms with Gasteiger partial charge in [0.15, 0.2) is 0 Å². The topological polar surface area (TPSA) is 71.1 Å². The van der Waals surface area contributed by atoms with Crippen molar-refractivity contribution in [3.63, 3.8) is 0 Å². The van der Waals surface area contributed by atoms with Crippen LogP contribution in [0.15, 0.2) is 24.4 Å². The fraction of sp³-hybridized carbons (Fsp3) is 0.308. The summed E-state index contributed by atoms with van der Waals surface area (Å²) in [5.74, 6) is 0. The second-order valence-electron chi connectivity index (χ2n) is 4.50. The highest BCUT2D eigenvalue weighted by atomic mass is 35.5. The van der Waals surface area contributed by atoms with E-state index in [2.05, 4.69) is 21.9 Å². The van der Waals surface area contributed by atoms with Crippen LogP contribution in [-0.4, -0.2) is 19.7 Å². The lowest BCUT2D eigenvalue weighted by Gasteiger charge is -2.10. The number of anilines is 2. The molecule has 0 saturated heterocycles. The number of nitrogens with one attached hydrogen (secondary N) is 2. The molecule has 2 rings (SSSR count). The summed E-state index contributed by atoms with van der Waals surface area (Å²) in [5.41, 5.74) is 1.15. The summed E-state index contributed by atoms with van der Waals surface area (Å²) in [6, 6.07) is 4.95. The molecule has 0 unspecified atom stereocenters. The van der Waals surface area contributed by atoms with Crippen LogP contribution in [0.25, 0.3) is 0 Å². The van der Waals surface area contributed by atoms with Crippen LogP contribution in [-0.2, 0) is 23.0 Å². The molecule has 1 heterocycles. The molecule has 5 nitrogen and oxygen atoms in total. The number of aromatic nitrogens is 1. The van der Waals surface area contributed by atoms with E-state index in [4.69, 9.17) is 11.6 Å². The molecule has 0 fully saturated rings. The molecule has 0 bridgehead atoms. The van der Waals surface area contributed by atoms with E-state index in [1.807, 2.05) is 6.20 Å². The minimum absolute atomic E-state index is 0.475. The van der Waals surface area contributed by atoms with Crippen LogP contribution < -0.4 is 10.0 Å². The number of hydrogen-bond donors (Lipinski definition) is 2. The van der Waals surface area contributed by atoms with Crippen LogP contribution >= 0.6 is 22.9 Å².